The van der Waals surface area contributed by atoms with Crippen LogP contribution >= 0.6 is 0 Å². The Morgan fingerprint density at radius 1 is 1.30 bits per heavy atom. The van der Waals surface area contributed by atoms with Gasteiger partial charge in [0.1, 0.15) is 5.75 Å². The van der Waals surface area contributed by atoms with Crippen LogP contribution in [-0.2, 0) is 16.0 Å². The van der Waals surface area contributed by atoms with Crippen LogP contribution in [0.15, 0.2) is 18.2 Å². The van der Waals surface area contributed by atoms with Crippen LogP contribution in [0.3, 0.4) is 0 Å². The Labute approximate surface area is 135 Å². The number of carboxylic acids is 1. The minimum absolute atomic E-state index is 0.0207. The fraction of sp³-hybridized carbons (Fsp3) is 0.529. The maximum Gasteiger partial charge on any atom is 0.335 e. The number of carbonyl (C=O) groups is 2. The average molecular weight is 321 g/mol. The molecule has 1 fully saturated rings. The van der Waals surface area contributed by atoms with Crippen molar-refractivity contribution in [3.8, 4) is 5.75 Å². The lowest BCUT2D eigenvalue weighted by atomic mass is 9.77. The molecule has 0 unspecified atom stereocenters. The number of carbonyl (C=O) groups excluding carboxylic acids is 1. The molecule has 1 saturated carbocycles. The van der Waals surface area contributed by atoms with Gasteiger partial charge in [0.05, 0.1) is 24.7 Å². The smallest absolute Gasteiger partial charge is 0.335 e. The number of amides is 1. The molecular weight excluding hydrogens is 298 g/mol. The lowest BCUT2D eigenvalue weighted by Gasteiger charge is -2.39. The van der Waals surface area contributed by atoms with E-state index in [-0.39, 0.29) is 17.1 Å². The van der Waals surface area contributed by atoms with Crippen molar-refractivity contribution in [1.29, 1.82) is 0 Å². The van der Waals surface area contributed by atoms with E-state index in [0.717, 1.165) is 24.8 Å². The summed E-state index contributed by atoms with van der Waals surface area (Å²) in [6.07, 6.45) is 3.93. The molecule has 1 aliphatic carbocycles. The van der Waals surface area contributed by atoms with Gasteiger partial charge in [-0.3, -0.25) is 4.79 Å². The Kier molecular flexibility index (Phi) is 5.60. The Morgan fingerprint density at radius 2 is 2.04 bits per heavy atom. The molecule has 23 heavy (non-hydrogen) atoms. The van der Waals surface area contributed by atoms with Gasteiger partial charge in [-0.1, -0.05) is 6.07 Å². The first-order valence-corrected chi connectivity index (χ1v) is 7.72. The molecule has 6 heteroatoms. The molecule has 0 radical (unpaired) electrons. The van der Waals surface area contributed by atoms with Gasteiger partial charge in [0.25, 0.3) is 0 Å². The normalized spacial score (nSPS) is 15.6. The molecule has 6 nitrogen and oxygen atoms in total. The van der Waals surface area contributed by atoms with Gasteiger partial charge >= 0.3 is 5.97 Å². The first kappa shape index (κ1) is 17.3. The van der Waals surface area contributed by atoms with Crippen LogP contribution in [0.1, 0.15) is 41.6 Å². The highest BCUT2D eigenvalue weighted by molar-refractivity contribution is 5.88. The summed E-state index contributed by atoms with van der Waals surface area (Å²) >= 11 is 0. The van der Waals surface area contributed by atoms with E-state index in [0.29, 0.717) is 25.1 Å². The largest absolute Gasteiger partial charge is 0.496 e. The standard InChI is InChI=1S/C17H23NO5/c1-22-14-10-13(16(20)21)5-4-12(14)6-9-18-15(19)11-17(23-2)7-3-8-17/h4-5,10H,3,6-9,11H2,1-2H3,(H,18,19)(H,20,21). The fourth-order valence-corrected chi connectivity index (χ4v) is 2.80. The molecular formula is C17H23NO5. The van der Waals surface area contributed by atoms with Crippen molar-refractivity contribution in [3.63, 3.8) is 0 Å². The number of hydrogen-bond acceptors (Lipinski definition) is 4. The van der Waals surface area contributed by atoms with Crippen molar-refractivity contribution in [2.45, 2.75) is 37.7 Å². The van der Waals surface area contributed by atoms with Gasteiger partial charge in [-0.15, -0.1) is 0 Å². The number of benzene rings is 1. The van der Waals surface area contributed by atoms with E-state index in [2.05, 4.69) is 5.32 Å². The number of ether oxygens (including phenoxy) is 2. The molecule has 0 bridgehead atoms. The van der Waals surface area contributed by atoms with E-state index in [1.807, 2.05) is 0 Å². The number of aromatic carboxylic acids is 1. The van der Waals surface area contributed by atoms with Crippen LogP contribution in [0, 0.1) is 0 Å². The van der Waals surface area contributed by atoms with Crippen molar-refractivity contribution in [2.75, 3.05) is 20.8 Å². The van der Waals surface area contributed by atoms with E-state index in [9.17, 15) is 9.59 Å². The number of hydrogen-bond donors (Lipinski definition) is 2. The first-order chi connectivity index (χ1) is 11.0. The molecule has 126 valence electrons. The predicted octanol–water partition coefficient (Wildman–Crippen LogP) is 2.01. The Bertz CT molecular complexity index is 575. The molecule has 0 aromatic heterocycles. The van der Waals surface area contributed by atoms with Crippen LogP contribution in [0.5, 0.6) is 5.75 Å². The molecule has 1 amide bonds. The second-order valence-electron chi connectivity index (χ2n) is 5.85. The third-order valence-electron chi connectivity index (χ3n) is 4.43. The monoisotopic (exact) mass is 321 g/mol. The molecule has 0 aliphatic heterocycles. The summed E-state index contributed by atoms with van der Waals surface area (Å²) in [6.45, 7) is 0.474. The molecule has 0 atom stereocenters. The maximum absolute atomic E-state index is 12.0. The minimum Gasteiger partial charge on any atom is -0.496 e. The van der Waals surface area contributed by atoms with Gasteiger partial charge in [-0.2, -0.15) is 0 Å². The van der Waals surface area contributed by atoms with Crippen molar-refractivity contribution in [1.82, 2.24) is 5.32 Å². The molecule has 0 saturated heterocycles. The van der Waals surface area contributed by atoms with E-state index >= 15 is 0 Å². The highest BCUT2D eigenvalue weighted by Crippen LogP contribution is 2.37. The zero-order valence-corrected chi connectivity index (χ0v) is 13.6. The zero-order chi connectivity index (χ0) is 16.9. The number of nitrogens with one attached hydrogen (secondary N) is 1. The highest BCUT2D eigenvalue weighted by Gasteiger charge is 2.38. The third-order valence-corrected chi connectivity index (χ3v) is 4.43. The summed E-state index contributed by atoms with van der Waals surface area (Å²) in [4.78, 5) is 23.0. The second kappa shape index (κ2) is 7.46. The van der Waals surface area contributed by atoms with Crippen molar-refractivity contribution >= 4 is 11.9 Å². The molecule has 2 rings (SSSR count). The van der Waals surface area contributed by atoms with Crippen molar-refractivity contribution in [2.24, 2.45) is 0 Å². The van der Waals surface area contributed by atoms with Crippen LogP contribution in [0.4, 0.5) is 0 Å². The summed E-state index contributed by atoms with van der Waals surface area (Å²) in [5.74, 6) is -0.493. The summed E-state index contributed by atoms with van der Waals surface area (Å²) in [5, 5.41) is 11.9. The Morgan fingerprint density at radius 3 is 2.57 bits per heavy atom. The van der Waals surface area contributed by atoms with E-state index in [1.165, 1.54) is 19.2 Å². The quantitative estimate of drug-likeness (QED) is 0.765. The van der Waals surface area contributed by atoms with Crippen LogP contribution in [0.25, 0.3) is 0 Å². The van der Waals surface area contributed by atoms with E-state index in [4.69, 9.17) is 14.6 Å². The van der Waals surface area contributed by atoms with Gasteiger partial charge in [-0.05, 0) is 43.4 Å². The Hall–Kier alpha value is -2.08. The molecule has 1 aromatic rings. The lowest BCUT2D eigenvalue weighted by molar-refractivity contribution is -0.134. The topological polar surface area (TPSA) is 84.9 Å². The summed E-state index contributed by atoms with van der Waals surface area (Å²) < 4.78 is 10.7. The third kappa shape index (κ3) is 4.22. The van der Waals surface area contributed by atoms with Crippen LogP contribution in [-0.4, -0.2) is 43.3 Å². The van der Waals surface area contributed by atoms with Gasteiger partial charge in [0, 0.05) is 13.7 Å². The first-order valence-electron chi connectivity index (χ1n) is 7.72. The maximum atomic E-state index is 12.0. The summed E-state index contributed by atoms with van der Waals surface area (Å²) in [7, 11) is 3.16. The minimum atomic E-state index is -0.992. The van der Waals surface area contributed by atoms with Crippen LogP contribution < -0.4 is 10.1 Å². The summed E-state index contributed by atoms with van der Waals surface area (Å²) in [6, 6.07) is 4.75. The highest BCUT2D eigenvalue weighted by atomic mass is 16.5. The van der Waals surface area contributed by atoms with Gasteiger partial charge in [-0.25, -0.2) is 4.79 Å². The molecule has 0 heterocycles. The summed E-state index contributed by atoms with van der Waals surface area (Å²) in [5.41, 5.74) is 0.773. The van der Waals surface area contributed by atoms with Gasteiger partial charge in [0.15, 0.2) is 0 Å². The average Bonchev–Trinajstić information content (AvgIpc) is 2.51. The molecule has 0 spiro atoms. The van der Waals surface area contributed by atoms with E-state index in [1.54, 1.807) is 13.2 Å². The van der Waals surface area contributed by atoms with Crippen molar-refractivity contribution in [3.05, 3.63) is 29.3 Å². The van der Waals surface area contributed by atoms with Crippen LogP contribution in [0.2, 0.25) is 0 Å². The fourth-order valence-electron chi connectivity index (χ4n) is 2.80. The predicted molar refractivity (Wildman–Crippen MR) is 84.9 cm³/mol. The zero-order valence-electron chi connectivity index (χ0n) is 13.6. The lowest BCUT2D eigenvalue weighted by Crippen LogP contribution is -2.44. The number of rotatable bonds is 8. The molecule has 2 N–H and O–H groups in total. The molecule has 1 aromatic carbocycles. The SMILES string of the molecule is COc1cc(C(=O)O)ccc1CCNC(=O)CC1(OC)CCC1. The van der Waals surface area contributed by atoms with Gasteiger partial charge < -0.3 is 19.9 Å². The van der Waals surface area contributed by atoms with Gasteiger partial charge in [0.2, 0.25) is 5.91 Å². The second-order valence-corrected chi connectivity index (χ2v) is 5.85. The van der Waals surface area contributed by atoms with Crippen molar-refractivity contribution < 1.29 is 24.2 Å². The van der Waals surface area contributed by atoms with E-state index < -0.39 is 5.97 Å². The Balaban J connectivity index is 1.86. The number of carboxylic acid groups (broad SMARTS) is 1. The molecule has 1 aliphatic rings. The number of methoxy groups -OCH3 is 2.